The molecule has 3 N–H and O–H groups in total. The predicted octanol–water partition coefficient (Wildman–Crippen LogP) is 3.09. The molecule has 192 valence electrons. The van der Waals surface area contributed by atoms with Crippen LogP contribution in [0.25, 0.3) is 0 Å². The van der Waals surface area contributed by atoms with Crippen molar-refractivity contribution in [3.05, 3.63) is 0 Å². The highest BCUT2D eigenvalue weighted by Crippen LogP contribution is 2.33. The first-order valence-electron chi connectivity index (χ1n) is 12.5. The van der Waals surface area contributed by atoms with E-state index in [1.807, 2.05) is 11.8 Å². The topological polar surface area (TPSA) is 97.9 Å². The van der Waals surface area contributed by atoms with Gasteiger partial charge in [-0.15, -0.1) is 0 Å². The van der Waals surface area contributed by atoms with Crippen LogP contribution in [0.1, 0.15) is 65.7 Å². The van der Waals surface area contributed by atoms with Crippen molar-refractivity contribution in [2.24, 2.45) is 5.41 Å². The lowest BCUT2D eigenvalue weighted by atomic mass is 9.91. The number of urea groups is 1. The average Bonchev–Trinajstić information content (AvgIpc) is 3.30. The molecule has 33 heavy (non-hydrogen) atoms. The van der Waals surface area contributed by atoms with Crippen LogP contribution in [0.5, 0.6) is 0 Å². The van der Waals surface area contributed by atoms with Gasteiger partial charge in [0.15, 0.2) is 0 Å². The number of thioether (sulfide) groups is 1. The van der Waals surface area contributed by atoms with Gasteiger partial charge in [-0.2, -0.15) is 11.8 Å². The van der Waals surface area contributed by atoms with Crippen LogP contribution in [0, 0.1) is 5.41 Å². The zero-order chi connectivity index (χ0) is 23.9. The van der Waals surface area contributed by atoms with Gasteiger partial charge in [0.25, 0.3) is 0 Å². The predicted molar refractivity (Wildman–Crippen MR) is 133 cm³/mol. The Bertz CT molecular complexity index is 573. The molecule has 2 rings (SSSR count). The maximum Gasteiger partial charge on any atom is 0.315 e. The fraction of sp³-hybridized carbons (Fsp3) is 0.917. The van der Waals surface area contributed by atoms with Gasteiger partial charge in [0.05, 0.1) is 38.5 Å². The number of nitrogens with one attached hydrogen (secondary N) is 3. The Balaban J connectivity index is 1.29. The molecule has 0 aromatic heterocycles. The average molecular weight is 488 g/mol. The number of unbranched alkanes of at least 4 members (excludes halogenated alkanes) is 1. The van der Waals surface area contributed by atoms with E-state index in [2.05, 4.69) is 36.7 Å². The summed E-state index contributed by atoms with van der Waals surface area (Å²) in [5.41, 5.74) is 0.369. The lowest BCUT2D eigenvalue weighted by molar-refractivity contribution is -0.121. The summed E-state index contributed by atoms with van der Waals surface area (Å²) < 4.78 is 16.6. The van der Waals surface area contributed by atoms with Crippen molar-refractivity contribution in [1.82, 2.24) is 16.0 Å². The zero-order valence-electron chi connectivity index (χ0n) is 20.8. The fourth-order valence-electron chi connectivity index (χ4n) is 4.01. The lowest BCUT2D eigenvalue weighted by Crippen LogP contribution is -2.36. The van der Waals surface area contributed by atoms with Gasteiger partial charge in [-0.3, -0.25) is 4.79 Å². The smallest absolute Gasteiger partial charge is 0.315 e. The molecule has 0 aromatic rings. The molecule has 2 saturated heterocycles. The van der Waals surface area contributed by atoms with Gasteiger partial charge in [-0.25, -0.2) is 4.79 Å². The van der Waals surface area contributed by atoms with Crippen LogP contribution in [-0.2, 0) is 19.0 Å². The van der Waals surface area contributed by atoms with Gasteiger partial charge in [0, 0.05) is 37.2 Å². The minimum atomic E-state index is -0.0433. The summed E-state index contributed by atoms with van der Waals surface area (Å²) in [5.74, 6) is 1.09. The molecule has 0 spiro atoms. The summed E-state index contributed by atoms with van der Waals surface area (Å²) in [5, 5.41) is 9.39. The van der Waals surface area contributed by atoms with Gasteiger partial charge >= 0.3 is 6.03 Å². The first-order chi connectivity index (χ1) is 15.8. The maximum absolute atomic E-state index is 12.0. The second-order valence-electron chi connectivity index (χ2n) is 10.1. The molecule has 2 aliphatic heterocycles. The van der Waals surface area contributed by atoms with Gasteiger partial charge < -0.3 is 30.2 Å². The van der Waals surface area contributed by atoms with Crippen molar-refractivity contribution < 1.29 is 23.8 Å². The summed E-state index contributed by atoms with van der Waals surface area (Å²) in [6.45, 7) is 11.1. The van der Waals surface area contributed by atoms with Crippen molar-refractivity contribution in [3.8, 4) is 0 Å². The highest BCUT2D eigenvalue weighted by molar-refractivity contribution is 8.00. The SMILES string of the molecule is CC(C)(C)CCCOCCOCCOCCCNC(=O)CCCC[C@H]1SC[C@H]2NC(=O)N[C@H]21. The molecule has 0 saturated carbocycles. The van der Waals surface area contributed by atoms with E-state index in [1.165, 1.54) is 6.42 Å². The van der Waals surface area contributed by atoms with Crippen LogP contribution < -0.4 is 16.0 Å². The molecule has 8 nitrogen and oxygen atoms in total. The van der Waals surface area contributed by atoms with Crippen molar-refractivity contribution in [2.45, 2.75) is 83.1 Å². The molecule has 3 atom stereocenters. The second-order valence-corrected chi connectivity index (χ2v) is 11.3. The summed E-state index contributed by atoms with van der Waals surface area (Å²) in [6, 6.07) is 0.476. The maximum atomic E-state index is 12.0. The van der Waals surface area contributed by atoms with E-state index in [0.29, 0.717) is 56.7 Å². The number of carbonyl (C=O) groups excluding carboxylic acids is 2. The summed E-state index contributed by atoms with van der Waals surface area (Å²) >= 11 is 1.92. The quantitative estimate of drug-likeness (QED) is 0.203. The molecule has 2 fully saturated rings. The number of hydrogen-bond acceptors (Lipinski definition) is 6. The Morgan fingerprint density at radius 3 is 2.33 bits per heavy atom. The molecule has 0 unspecified atom stereocenters. The molecule has 2 heterocycles. The Morgan fingerprint density at radius 2 is 1.64 bits per heavy atom. The van der Waals surface area contributed by atoms with Crippen LogP contribution >= 0.6 is 11.8 Å². The Hall–Kier alpha value is -1.03. The monoisotopic (exact) mass is 487 g/mol. The standard InChI is InChI=1S/C24H45N3O5S/c1-24(2,3)10-6-12-30-14-16-32-17-15-31-13-7-11-25-21(28)9-5-4-8-20-22-19(18-33-20)26-23(29)27-22/h19-20,22H,4-18H2,1-3H3,(H,25,28)(H2,26,27,29)/t19-,20-,22-/m1/s1. The molecule has 0 aliphatic carbocycles. The van der Waals surface area contributed by atoms with Gasteiger partial charge in [-0.05, 0) is 37.5 Å². The van der Waals surface area contributed by atoms with Crippen molar-refractivity contribution in [1.29, 1.82) is 0 Å². The minimum absolute atomic E-state index is 0.0433. The normalized spacial score (nSPS) is 22.2. The number of rotatable bonds is 18. The van der Waals surface area contributed by atoms with Crippen molar-refractivity contribution >= 4 is 23.7 Å². The first-order valence-corrected chi connectivity index (χ1v) is 13.6. The van der Waals surface area contributed by atoms with Crippen LogP contribution in [0.3, 0.4) is 0 Å². The summed E-state index contributed by atoms with van der Waals surface area (Å²) in [4.78, 5) is 23.4. The van der Waals surface area contributed by atoms with Gasteiger partial charge in [0.1, 0.15) is 0 Å². The highest BCUT2D eigenvalue weighted by Gasteiger charge is 2.42. The number of hydrogen-bond donors (Lipinski definition) is 3. The Kier molecular flexibility index (Phi) is 13.5. The molecule has 0 bridgehead atoms. The number of ether oxygens (including phenoxy) is 3. The van der Waals surface area contributed by atoms with E-state index in [0.717, 1.165) is 44.5 Å². The summed E-state index contributed by atoms with van der Waals surface area (Å²) in [6.07, 6.45) is 6.55. The first kappa shape index (κ1) is 28.2. The van der Waals surface area contributed by atoms with Crippen LogP contribution in [0.2, 0.25) is 0 Å². The van der Waals surface area contributed by atoms with Crippen LogP contribution in [-0.4, -0.2) is 81.2 Å². The van der Waals surface area contributed by atoms with E-state index >= 15 is 0 Å². The molecule has 0 radical (unpaired) electrons. The van der Waals surface area contributed by atoms with E-state index in [4.69, 9.17) is 14.2 Å². The molecule has 3 amide bonds. The summed E-state index contributed by atoms with van der Waals surface area (Å²) in [7, 11) is 0. The lowest BCUT2D eigenvalue weighted by Gasteiger charge is -2.17. The molecule has 9 heteroatoms. The van der Waals surface area contributed by atoms with Crippen LogP contribution in [0.4, 0.5) is 4.79 Å². The third kappa shape index (κ3) is 12.9. The van der Waals surface area contributed by atoms with Crippen LogP contribution in [0.15, 0.2) is 0 Å². The Morgan fingerprint density at radius 1 is 0.970 bits per heavy atom. The molecule has 0 aromatic carbocycles. The highest BCUT2D eigenvalue weighted by atomic mass is 32.2. The largest absolute Gasteiger partial charge is 0.379 e. The zero-order valence-corrected chi connectivity index (χ0v) is 21.6. The number of fused-ring (bicyclic) bond motifs is 1. The van der Waals surface area contributed by atoms with E-state index in [9.17, 15) is 9.59 Å². The third-order valence-corrected chi connectivity index (χ3v) is 7.34. The van der Waals surface area contributed by atoms with E-state index in [-0.39, 0.29) is 24.0 Å². The number of amides is 3. The molecular formula is C24H45N3O5S. The van der Waals surface area contributed by atoms with Crippen molar-refractivity contribution in [2.75, 3.05) is 51.9 Å². The Labute approximate surface area is 204 Å². The molecular weight excluding hydrogens is 442 g/mol. The second kappa shape index (κ2) is 15.8. The van der Waals surface area contributed by atoms with Gasteiger partial charge in [-0.1, -0.05) is 27.2 Å². The van der Waals surface area contributed by atoms with Crippen molar-refractivity contribution in [3.63, 3.8) is 0 Å². The minimum Gasteiger partial charge on any atom is -0.379 e. The molecule has 2 aliphatic rings. The van der Waals surface area contributed by atoms with E-state index < -0.39 is 0 Å². The fourth-order valence-corrected chi connectivity index (χ4v) is 5.55. The number of carbonyl (C=O) groups is 2. The van der Waals surface area contributed by atoms with E-state index in [1.54, 1.807) is 0 Å². The third-order valence-electron chi connectivity index (χ3n) is 5.83. The van der Waals surface area contributed by atoms with Gasteiger partial charge in [0.2, 0.25) is 5.91 Å².